The monoisotopic (exact) mass is 498 g/mol. The van der Waals surface area contributed by atoms with E-state index in [9.17, 15) is 18.5 Å². The van der Waals surface area contributed by atoms with Crippen molar-refractivity contribution in [1.29, 1.82) is 5.26 Å². The summed E-state index contributed by atoms with van der Waals surface area (Å²) in [5.41, 5.74) is 3.71. The number of fused-ring (bicyclic) bond motifs is 1. The van der Waals surface area contributed by atoms with Crippen molar-refractivity contribution in [2.24, 2.45) is 0 Å². The van der Waals surface area contributed by atoms with Crippen LogP contribution in [-0.4, -0.2) is 41.5 Å². The Hall–Kier alpha value is -3.33. The lowest BCUT2D eigenvalue weighted by Gasteiger charge is -2.14. The lowest BCUT2D eigenvalue weighted by atomic mass is 10.0. The van der Waals surface area contributed by atoms with E-state index in [1.807, 2.05) is 38.1 Å². The molecule has 1 atom stereocenters. The number of para-hydroxylation sites is 1. The van der Waals surface area contributed by atoms with Crippen LogP contribution in [0.5, 0.6) is 5.75 Å². The highest BCUT2D eigenvalue weighted by atomic mass is 32.2. The molecule has 0 radical (unpaired) electrons. The molecule has 3 aromatic rings. The summed E-state index contributed by atoms with van der Waals surface area (Å²) in [6.45, 7) is 3.77. The minimum absolute atomic E-state index is 0.125. The molecule has 0 saturated heterocycles. The van der Waals surface area contributed by atoms with Gasteiger partial charge in [0, 0.05) is 11.6 Å². The fourth-order valence-electron chi connectivity index (χ4n) is 4.00. The van der Waals surface area contributed by atoms with Gasteiger partial charge in [0.2, 0.25) is 10.0 Å². The highest BCUT2D eigenvalue weighted by Crippen LogP contribution is 2.42. The first-order valence-corrected chi connectivity index (χ1v) is 13.0. The van der Waals surface area contributed by atoms with Gasteiger partial charge in [0.25, 0.3) is 0 Å². The van der Waals surface area contributed by atoms with E-state index in [0.717, 1.165) is 16.7 Å². The number of hydrogen-bond acceptors (Lipinski definition) is 8. The number of aliphatic carboxylic acids is 1. The number of rotatable bonds is 8. The number of hydrogen-bond donors (Lipinski definition) is 2. The van der Waals surface area contributed by atoms with E-state index in [4.69, 9.17) is 9.84 Å². The summed E-state index contributed by atoms with van der Waals surface area (Å²) in [5, 5.41) is 28.3. The first kappa shape index (κ1) is 23.8. The Balaban J connectivity index is 1.68. The minimum Gasteiger partial charge on any atom is -0.489 e. The van der Waals surface area contributed by atoms with Gasteiger partial charge in [-0.1, -0.05) is 35.6 Å². The average molecular weight is 499 g/mol. The fraction of sp³-hybridized carbons (Fsp3) is 0.304. The molecular weight excluding hydrogens is 476 g/mol. The molecule has 0 bridgehead atoms. The zero-order valence-electron chi connectivity index (χ0n) is 18.5. The van der Waals surface area contributed by atoms with Gasteiger partial charge in [-0.3, -0.25) is 4.79 Å². The number of benzene rings is 2. The van der Waals surface area contributed by atoms with Gasteiger partial charge < -0.3 is 9.84 Å². The topological polar surface area (TPSA) is 142 Å². The smallest absolute Gasteiger partial charge is 0.320 e. The summed E-state index contributed by atoms with van der Waals surface area (Å²) in [7, 11) is -3.95. The number of sulfonamides is 1. The molecule has 4 rings (SSSR count). The molecule has 34 heavy (non-hydrogen) atoms. The molecule has 1 aromatic heterocycles. The zero-order valence-corrected chi connectivity index (χ0v) is 20.1. The molecule has 0 aliphatic heterocycles. The van der Waals surface area contributed by atoms with Gasteiger partial charge in [0.1, 0.15) is 16.8 Å². The predicted octanol–water partition coefficient (Wildman–Crippen LogP) is 3.52. The number of nitriles is 1. The van der Waals surface area contributed by atoms with Crippen molar-refractivity contribution < 1.29 is 23.1 Å². The summed E-state index contributed by atoms with van der Waals surface area (Å²) in [4.78, 5) is 10.9. The molecule has 0 fully saturated rings. The molecular formula is C23H22N4O5S2. The van der Waals surface area contributed by atoms with E-state index in [2.05, 4.69) is 21.0 Å². The number of carbonyl (C=O) groups is 1. The van der Waals surface area contributed by atoms with E-state index in [-0.39, 0.29) is 6.10 Å². The third kappa shape index (κ3) is 4.94. The summed E-state index contributed by atoms with van der Waals surface area (Å²) >= 11 is 1.36. The van der Waals surface area contributed by atoms with Crippen LogP contribution in [0.15, 0.2) is 36.4 Å². The third-order valence-corrected chi connectivity index (χ3v) is 7.54. The first-order valence-electron chi connectivity index (χ1n) is 10.6. The van der Waals surface area contributed by atoms with Gasteiger partial charge in [-0.2, -0.15) is 5.26 Å². The van der Waals surface area contributed by atoms with Gasteiger partial charge in [-0.25, -0.2) is 13.1 Å². The van der Waals surface area contributed by atoms with Crippen LogP contribution in [0, 0.1) is 11.3 Å². The zero-order chi connectivity index (χ0) is 24.5. The number of nitrogens with zero attached hydrogens (tertiary/aromatic N) is 3. The van der Waals surface area contributed by atoms with Crippen LogP contribution in [0.25, 0.3) is 21.1 Å². The van der Waals surface area contributed by atoms with Crippen LogP contribution in [-0.2, 0) is 21.2 Å². The second-order valence-electron chi connectivity index (χ2n) is 8.11. The Morgan fingerprint density at radius 1 is 1.24 bits per heavy atom. The van der Waals surface area contributed by atoms with Crippen molar-refractivity contribution in [3.05, 3.63) is 53.1 Å². The minimum atomic E-state index is -3.95. The molecule has 0 amide bonds. The molecule has 11 heteroatoms. The maximum absolute atomic E-state index is 12.1. The molecule has 2 N–H and O–H groups in total. The fourth-order valence-corrected chi connectivity index (χ4v) is 6.00. The van der Waals surface area contributed by atoms with Crippen LogP contribution >= 0.6 is 11.3 Å². The molecule has 1 unspecified atom stereocenters. The van der Waals surface area contributed by atoms with E-state index in [0.29, 0.717) is 39.7 Å². The Morgan fingerprint density at radius 2 is 1.91 bits per heavy atom. The average Bonchev–Trinajstić information content (AvgIpc) is 3.40. The maximum Gasteiger partial charge on any atom is 0.320 e. The predicted molar refractivity (Wildman–Crippen MR) is 127 cm³/mol. The molecule has 9 nitrogen and oxygen atoms in total. The van der Waals surface area contributed by atoms with Crippen molar-refractivity contribution in [3.63, 3.8) is 0 Å². The third-order valence-electron chi connectivity index (χ3n) is 5.28. The molecule has 2 aromatic carbocycles. The Kier molecular flexibility index (Phi) is 6.65. The van der Waals surface area contributed by atoms with Gasteiger partial charge in [-0.15, -0.1) is 10.2 Å². The maximum atomic E-state index is 12.1. The van der Waals surface area contributed by atoms with Crippen molar-refractivity contribution >= 4 is 27.3 Å². The number of nitrogens with one attached hydrogen (secondary N) is 1. The van der Waals surface area contributed by atoms with E-state index < -0.39 is 27.8 Å². The van der Waals surface area contributed by atoms with Crippen LogP contribution in [0.3, 0.4) is 0 Å². The van der Waals surface area contributed by atoms with Crippen LogP contribution in [0.4, 0.5) is 0 Å². The Labute approximate surface area is 201 Å². The SMILES string of the molecule is CC(C)Oc1c(C#N)cccc1-c1nnc(-c2cccc3c2CCC3NS(=O)(=O)CC(=O)O)s1. The molecule has 0 spiro atoms. The van der Waals surface area contributed by atoms with Crippen molar-refractivity contribution in [2.75, 3.05) is 5.75 Å². The highest BCUT2D eigenvalue weighted by Gasteiger charge is 2.30. The van der Waals surface area contributed by atoms with E-state index in [1.165, 1.54) is 11.3 Å². The second-order valence-corrected chi connectivity index (χ2v) is 10.8. The lowest BCUT2D eigenvalue weighted by molar-refractivity contribution is -0.134. The molecule has 1 heterocycles. The summed E-state index contributed by atoms with van der Waals surface area (Å²) < 4.78 is 32.7. The largest absolute Gasteiger partial charge is 0.489 e. The van der Waals surface area contributed by atoms with Gasteiger partial charge in [0.05, 0.1) is 17.2 Å². The quantitative estimate of drug-likeness (QED) is 0.480. The standard InChI is InChI=1S/C23H22N4O5S2/c1-13(2)32-21-14(11-24)5-3-8-18(21)23-26-25-22(33-23)17-7-4-6-16-15(17)9-10-19(16)27-34(30,31)12-20(28)29/h3-8,13,19,27H,9-10,12H2,1-2H3,(H,28,29). The molecule has 176 valence electrons. The summed E-state index contributed by atoms with van der Waals surface area (Å²) in [6, 6.07) is 12.5. The van der Waals surface area contributed by atoms with Gasteiger partial charge >= 0.3 is 5.97 Å². The van der Waals surface area contributed by atoms with Crippen LogP contribution < -0.4 is 9.46 Å². The van der Waals surface area contributed by atoms with Crippen molar-refractivity contribution in [2.45, 2.75) is 38.8 Å². The summed E-state index contributed by atoms with van der Waals surface area (Å²) in [5.74, 6) is -1.91. The van der Waals surface area contributed by atoms with Crippen LogP contribution in [0.1, 0.15) is 43.0 Å². The van der Waals surface area contributed by atoms with Crippen LogP contribution in [0.2, 0.25) is 0 Å². The van der Waals surface area contributed by atoms with Crippen molar-refractivity contribution in [3.8, 4) is 33.0 Å². The normalized spacial score (nSPS) is 15.2. The summed E-state index contributed by atoms with van der Waals surface area (Å²) in [6.07, 6.45) is 1.01. The second kappa shape index (κ2) is 9.50. The Bertz CT molecular complexity index is 1390. The molecule has 1 aliphatic rings. The van der Waals surface area contributed by atoms with Gasteiger partial charge in [0.15, 0.2) is 10.8 Å². The molecule has 1 aliphatic carbocycles. The first-order chi connectivity index (χ1) is 16.2. The van der Waals surface area contributed by atoms with Crippen molar-refractivity contribution in [1.82, 2.24) is 14.9 Å². The van der Waals surface area contributed by atoms with E-state index >= 15 is 0 Å². The highest BCUT2D eigenvalue weighted by molar-refractivity contribution is 7.90. The number of aromatic nitrogens is 2. The lowest BCUT2D eigenvalue weighted by Crippen LogP contribution is -2.32. The number of carboxylic acids is 1. The number of carboxylic acid groups (broad SMARTS) is 1. The Morgan fingerprint density at radius 3 is 2.59 bits per heavy atom. The number of ether oxygens (including phenoxy) is 1. The van der Waals surface area contributed by atoms with E-state index in [1.54, 1.807) is 12.1 Å². The molecule has 0 saturated carbocycles. The van der Waals surface area contributed by atoms with Gasteiger partial charge in [-0.05, 0) is 49.9 Å².